The Morgan fingerprint density at radius 3 is 2.33 bits per heavy atom. The number of amides is 3. The van der Waals surface area contributed by atoms with E-state index in [1.807, 2.05) is 13.0 Å². The fourth-order valence-electron chi connectivity index (χ4n) is 5.09. The average Bonchev–Trinajstić information content (AvgIpc) is 3.00. The number of aryl methyl sites for hydroxylation is 1. The second kappa shape index (κ2) is 16.7. The van der Waals surface area contributed by atoms with E-state index in [2.05, 4.69) is 23.5 Å². The van der Waals surface area contributed by atoms with Gasteiger partial charge in [-0.3, -0.25) is 9.59 Å². The summed E-state index contributed by atoms with van der Waals surface area (Å²) in [6.45, 7) is 9.34. The summed E-state index contributed by atoms with van der Waals surface area (Å²) in [5.74, 6) is 1.75. The summed E-state index contributed by atoms with van der Waals surface area (Å²) in [6, 6.07) is 16.4. The SMILES string of the molecule is C#Cc1ccccc1C(C(=O)Nc1c(C)cccc1Cl)N(CCCCCC)C(=O)C(Cc1ccc(O)cc1)NC(=O)OC(C)(C)C. The van der Waals surface area contributed by atoms with Crippen molar-refractivity contribution >= 4 is 35.2 Å². The third-order valence-corrected chi connectivity index (χ3v) is 7.66. The molecule has 0 fully saturated rings. The molecule has 0 aromatic heterocycles. The molecule has 0 aliphatic carbocycles. The molecule has 2 atom stereocenters. The van der Waals surface area contributed by atoms with Gasteiger partial charge in [-0.1, -0.05) is 86.2 Å². The van der Waals surface area contributed by atoms with Crippen LogP contribution in [0.5, 0.6) is 5.75 Å². The number of hydrogen-bond acceptors (Lipinski definition) is 5. The smallest absolute Gasteiger partial charge is 0.408 e. The molecule has 3 rings (SSSR count). The van der Waals surface area contributed by atoms with E-state index < -0.39 is 35.6 Å². The Balaban J connectivity index is 2.15. The normalized spacial score (nSPS) is 12.4. The summed E-state index contributed by atoms with van der Waals surface area (Å²) >= 11 is 6.50. The van der Waals surface area contributed by atoms with Crippen molar-refractivity contribution in [3.63, 3.8) is 0 Å². The monoisotopic (exact) mass is 645 g/mol. The summed E-state index contributed by atoms with van der Waals surface area (Å²) in [5, 5.41) is 15.9. The van der Waals surface area contributed by atoms with Crippen LogP contribution in [-0.4, -0.2) is 46.1 Å². The van der Waals surface area contributed by atoms with E-state index in [0.29, 0.717) is 33.8 Å². The molecular weight excluding hydrogens is 602 g/mol. The van der Waals surface area contributed by atoms with Gasteiger partial charge in [0.1, 0.15) is 23.4 Å². The molecule has 3 amide bonds. The van der Waals surface area contributed by atoms with Crippen molar-refractivity contribution < 1.29 is 24.2 Å². The number of rotatable bonds is 13. The number of anilines is 1. The van der Waals surface area contributed by atoms with Crippen molar-refractivity contribution in [1.82, 2.24) is 10.2 Å². The Morgan fingerprint density at radius 1 is 1.00 bits per heavy atom. The summed E-state index contributed by atoms with van der Waals surface area (Å²) in [6.07, 6.45) is 8.59. The number of phenols is 1. The van der Waals surface area contributed by atoms with Crippen LogP contribution in [0, 0.1) is 19.3 Å². The van der Waals surface area contributed by atoms with Crippen LogP contribution in [-0.2, 0) is 20.7 Å². The Kier molecular flexibility index (Phi) is 13.1. The minimum absolute atomic E-state index is 0.0711. The third-order valence-electron chi connectivity index (χ3n) is 7.34. The summed E-state index contributed by atoms with van der Waals surface area (Å²) < 4.78 is 5.52. The molecular formula is C37H44ClN3O5. The van der Waals surface area contributed by atoms with Crippen LogP contribution in [0.2, 0.25) is 5.02 Å². The number of benzene rings is 3. The second-order valence-electron chi connectivity index (χ2n) is 12.2. The first-order valence-corrected chi connectivity index (χ1v) is 15.9. The fraction of sp³-hybridized carbons (Fsp3) is 0.378. The molecule has 2 unspecified atom stereocenters. The molecule has 3 aromatic rings. The van der Waals surface area contributed by atoms with Gasteiger partial charge in [0.2, 0.25) is 5.91 Å². The molecule has 8 nitrogen and oxygen atoms in total. The van der Waals surface area contributed by atoms with Crippen molar-refractivity contribution in [2.24, 2.45) is 0 Å². The first-order chi connectivity index (χ1) is 21.8. The van der Waals surface area contributed by atoms with E-state index in [-0.39, 0.29) is 18.7 Å². The van der Waals surface area contributed by atoms with Gasteiger partial charge in [0.15, 0.2) is 0 Å². The van der Waals surface area contributed by atoms with E-state index in [1.54, 1.807) is 69.3 Å². The zero-order valence-electron chi connectivity index (χ0n) is 27.2. The highest BCUT2D eigenvalue weighted by Crippen LogP contribution is 2.31. The van der Waals surface area contributed by atoms with Gasteiger partial charge in [0, 0.05) is 18.5 Å². The molecule has 0 aliphatic heterocycles. The minimum Gasteiger partial charge on any atom is -0.508 e. The lowest BCUT2D eigenvalue weighted by molar-refractivity contribution is -0.140. The van der Waals surface area contributed by atoms with Crippen LogP contribution in [0.3, 0.4) is 0 Å². The van der Waals surface area contributed by atoms with E-state index in [9.17, 15) is 19.5 Å². The van der Waals surface area contributed by atoms with E-state index in [4.69, 9.17) is 22.8 Å². The highest BCUT2D eigenvalue weighted by Gasteiger charge is 2.37. The number of carbonyl (C=O) groups excluding carboxylic acids is 3. The standard InChI is InChI=1S/C37H44ClN3O5/c1-7-9-10-13-23-41(35(44)31(39-36(45)46-37(4,5)6)24-26-19-21-28(42)22-20-26)33(29-17-12-11-16-27(29)8-2)34(43)40-32-25(3)15-14-18-30(32)38/h2,11-12,14-22,31,33,42H,7,9-10,13,23-24H2,1,3-6H3,(H,39,45)(H,40,43). The number of carbonyl (C=O) groups is 3. The number of halogens is 1. The largest absolute Gasteiger partial charge is 0.508 e. The number of para-hydroxylation sites is 1. The Bertz CT molecular complexity index is 1520. The Morgan fingerprint density at radius 2 is 1.70 bits per heavy atom. The van der Waals surface area contributed by atoms with Crippen LogP contribution in [0.15, 0.2) is 66.7 Å². The second-order valence-corrected chi connectivity index (χ2v) is 12.6. The molecule has 3 N–H and O–H groups in total. The fourth-order valence-corrected chi connectivity index (χ4v) is 5.36. The zero-order chi connectivity index (χ0) is 33.9. The molecule has 244 valence electrons. The first kappa shape index (κ1) is 36.0. The van der Waals surface area contributed by atoms with Crippen molar-refractivity contribution in [3.8, 4) is 18.1 Å². The number of alkyl carbamates (subject to hydrolysis) is 1. The molecule has 9 heteroatoms. The number of nitrogens with zero attached hydrogens (tertiary/aromatic N) is 1. The third kappa shape index (κ3) is 10.3. The summed E-state index contributed by atoms with van der Waals surface area (Å²) in [4.78, 5) is 43.7. The molecule has 0 aliphatic rings. The quantitative estimate of drug-likeness (QED) is 0.131. The molecule has 0 saturated carbocycles. The van der Waals surface area contributed by atoms with Crippen LogP contribution in [0.25, 0.3) is 0 Å². The molecule has 0 radical (unpaired) electrons. The average molecular weight is 646 g/mol. The number of phenolic OH excluding ortho intramolecular Hbond substituents is 1. The molecule has 46 heavy (non-hydrogen) atoms. The van der Waals surface area contributed by atoms with Crippen LogP contribution in [0.1, 0.15) is 81.7 Å². The van der Waals surface area contributed by atoms with Crippen molar-refractivity contribution in [2.45, 2.75) is 84.4 Å². The van der Waals surface area contributed by atoms with E-state index in [0.717, 1.165) is 24.8 Å². The van der Waals surface area contributed by atoms with E-state index >= 15 is 0 Å². The van der Waals surface area contributed by atoms with Crippen LogP contribution >= 0.6 is 11.6 Å². The maximum absolute atomic E-state index is 14.7. The van der Waals surface area contributed by atoms with Gasteiger partial charge < -0.3 is 25.4 Å². The summed E-state index contributed by atoms with van der Waals surface area (Å²) in [5.41, 5.74) is 1.99. The summed E-state index contributed by atoms with van der Waals surface area (Å²) in [7, 11) is 0. The van der Waals surface area contributed by atoms with Crippen molar-refractivity contribution in [3.05, 3.63) is 94.0 Å². The maximum atomic E-state index is 14.7. The molecule has 0 saturated heterocycles. The van der Waals surface area contributed by atoms with Gasteiger partial charge in [-0.05, 0) is 75.1 Å². The molecule has 0 heterocycles. The zero-order valence-corrected chi connectivity index (χ0v) is 28.0. The number of terminal acetylenes is 1. The van der Waals surface area contributed by atoms with Gasteiger partial charge in [-0.15, -0.1) is 6.42 Å². The van der Waals surface area contributed by atoms with Gasteiger partial charge >= 0.3 is 6.09 Å². The number of unbranched alkanes of at least 4 members (excludes halogenated alkanes) is 3. The van der Waals surface area contributed by atoms with E-state index in [1.165, 1.54) is 17.0 Å². The lowest BCUT2D eigenvalue weighted by Crippen LogP contribution is -2.53. The number of nitrogens with one attached hydrogen (secondary N) is 2. The van der Waals surface area contributed by atoms with Crippen LogP contribution in [0.4, 0.5) is 10.5 Å². The molecule has 0 bridgehead atoms. The van der Waals surface area contributed by atoms with Gasteiger partial charge in [0.25, 0.3) is 5.91 Å². The minimum atomic E-state index is -1.15. The number of ether oxygens (including phenoxy) is 1. The Hall–Kier alpha value is -4.48. The van der Waals surface area contributed by atoms with Gasteiger partial charge in [0.05, 0.1) is 10.7 Å². The topological polar surface area (TPSA) is 108 Å². The first-order valence-electron chi connectivity index (χ1n) is 15.5. The number of hydrogen-bond donors (Lipinski definition) is 3. The lowest BCUT2D eigenvalue weighted by Gasteiger charge is -2.35. The van der Waals surface area contributed by atoms with Gasteiger partial charge in [-0.2, -0.15) is 0 Å². The predicted octanol–water partition coefficient (Wildman–Crippen LogP) is 7.56. The Labute approximate surface area is 277 Å². The predicted molar refractivity (Wildman–Crippen MR) is 183 cm³/mol. The molecule has 0 spiro atoms. The van der Waals surface area contributed by atoms with Crippen molar-refractivity contribution in [2.75, 3.05) is 11.9 Å². The van der Waals surface area contributed by atoms with Crippen LogP contribution < -0.4 is 10.6 Å². The number of aromatic hydroxyl groups is 1. The van der Waals surface area contributed by atoms with Gasteiger partial charge in [-0.25, -0.2) is 4.79 Å². The highest BCUT2D eigenvalue weighted by molar-refractivity contribution is 6.34. The van der Waals surface area contributed by atoms with Crippen molar-refractivity contribution in [1.29, 1.82) is 0 Å². The molecule has 3 aromatic carbocycles. The maximum Gasteiger partial charge on any atom is 0.408 e. The lowest BCUT2D eigenvalue weighted by atomic mass is 9.96. The highest BCUT2D eigenvalue weighted by atomic mass is 35.5.